The maximum Gasteiger partial charge on any atom is 0.415 e. The number of likely N-dealkylation sites (tertiary alicyclic amines) is 1. The first-order chi connectivity index (χ1) is 25.5. The molecule has 4 aromatic heterocycles. The van der Waals surface area contributed by atoms with Crippen molar-refractivity contribution in [1.29, 1.82) is 0 Å². The number of carbonyl (C=O) groups is 3. The number of esters is 1. The first-order valence-electron chi connectivity index (χ1n) is 17.7. The molecule has 278 valence electrons. The van der Waals surface area contributed by atoms with E-state index in [0.717, 1.165) is 25.9 Å². The van der Waals surface area contributed by atoms with Crippen molar-refractivity contribution in [3.8, 4) is 28.4 Å². The summed E-state index contributed by atoms with van der Waals surface area (Å²) < 4.78 is 26.1. The van der Waals surface area contributed by atoms with Gasteiger partial charge in [0.05, 0.1) is 60.2 Å². The number of fused-ring (bicyclic) bond motifs is 3. The van der Waals surface area contributed by atoms with Gasteiger partial charge in [-0.1, -0.05) is 0 Å². The third-order valence-corrected chi connectivity index (χ3v) is 9.22. The first kappa shape index (κ1) is 35.6. The van der Waals surface area contributed by atoms with E-state index in [-0.39, 0.29) is 30.1 Å². The summed E-state index contributed by atoms with van der Waals surface area (Å²) in [5.41, 5.74) is 2.95. The normalized spacial score (nSPS) is 15.2. The van der Waals surface area contributed by atoms with Gasteiger partial charge in [-0.25, -0.2) is 19.0 Å². The predicted octanol–water partition coefficient (Wildman–Crippen LogP) is 4.28. The summed E-state index contributed by atoms with van der Waals surface area (Å²) in [6.07, 6.45) is 7.76. The molecule has 16 heteroatoms. The number of anilines is 1. The lowest BCUT2D eigenvalue weighted by Gasteiger charge is -2.32. The number of nitrogens with one attached hydrogen (secondary N) is 1. The molecular weight excluding hydrogens is 682 g/mol. The molecule has 6 heterocycles. The number of ether oxygens (including phenoxy) is 4. The van der Waals surface area contributed by atoms with Crippen molar-refractivity contribution in [2.75, 3.05) is 57.9 Å². The monoisotopic (exact) mass is 725 g/mol. The smallest absolute Gasteiger partial charge is 0.415 e. The molecule has 2 aliphatic heterocycles. The average molecular weight is 726 g/mol. The van der Waals surface area contributed by atoms with Gasteiger partial charge in [-0.05, 0) is 65.8 Å². The molecule has 5 aromatic rings. The Balaban J connectivity index is 1.22. The topological polar surface area (TPSA) is 168 Å². The van der Waals surface area contributed by atoms with Gasteiger partial charge in [-0.15, -0.1) is 0 Å². The lowest BCUT2D eigenvalue weighted by atomic mass is 9.97. The minimum atomic E-state index is -0.687. The van der Waals surface area contributed by atoms with Crippen molar-refractivity contribution >= 4 is 40.2 Å². The molecule has 1 N–H and O–H groups in total. The molecule has 7 rings (SSSR count). The zero-order valence-electron chi connectivity index (χ0n) is 30.5. The fraction of sp³-hybridized carbons (Fsp3) is 0.432. The summed E-state index contributed by atoms with van der Waals surface area (Å²) in [4.78, 5) is 52.1. The highest BCUT2D eigenvalue weighted by Crippen LogP contribution is 2.41. The van der Waals surface area contributed by atoms with Crippen molar-refractivity contribution in [2.45, 2.75) is 46.1 Å². The number of nitrogens with zero attached hydrogens (tertiary/aromatic N) is 8. The van der Waals surface area contributed by atoms with Crippen molar-refractivity contribution < 1.29 is 33.3 Å². The Morgan fingerprint density at radius 3 is 2.60 bits per heavy atom. The third kappa shape index (κ3) is 7.31. The van der Waals surface area contributed by atoms with E-state index in [9.17, 15) is 14.4 Å². The van der Waals surface area contributed by atoms with E-state index in [1.807, 2.05) is 33.8 Å². The first-order valence-corrected chi connectivity index (χ1v) is 17.7. The van der Waals surface area contributed by atoms with Crippen LogP contribution in [0.3, 0.4) is 0 Å². The zero-order valence-corrected chi connectivity index (χ0v) is 30.5. The van der Waals surface area contributed by atoms with Gasteiger partial charge < -0.3 is 29.2 Å². The van der Waals surface area contributed by atoms with Crippen LogP contribution < -0.4 is 19.7 Å². The second kappa shape index (κ2) is 14.7. The maximum absolute atomic E-state index is 13.8. The van der Waals surface area contributed by atoms with Gasteiger partial charge in [0.15, 0.2) is 11.3 Å². The second-order valence-electron chi connectivity index (χ2n) is 13.9. The summed E-state index contributed by atoms with van der Waals surface area (Å²) in [5.74, 6) is 0.227. The van der Waals surface area contributed by atoms with Gasteiger partial charge in [0.2, 0.25) is 0 Å². The molecular formula is C37H43N9O7. The van der Waals surface area contributed by atoms with Crippen LogP contribution in [0.4, 0.5) is 10.5 Å². The molecule has 1 aromatic carbocycles. The molecule has 0 bridgehead atoms. The van der Waals surface area contributed by atoms with Gasteiger partial charge >= 0.3 is 12.1 Å². The van der Waals surface area contributed by atoms with E-state index in [1.54, 1.807) is 52.2 Å². The van der Waals surface area contributed by atoms with E-state index >= 15 is 0 Å². The number of carbonyl (C=O) groups excluding carboxylic acids is 3. The highest BCUT2D eigenvalue weighted by molar-refractivity contribution is 6.06. The van der Waals surface area contributed by atoms with Crippen LogP contribution in [0.1, 0.15) is 51.0 Å². The number of amides is 2. The SMILES string of the molecule is CCOC(=O)C1CCN(CCNC(=O)c2nn(-c3cc4c(cc3OC)N(C(=O)OC(C)(C)C)CCO4)c3cc(-c4cnn5cccnc45)ncc23)CC1. The van der Waals surface area contributed by atoms with Crippen molar-refractivity contribution in [1.82, 2.24) is 39.6 Å². The van der Waals surface area contributed by atoms with Crippen LogP contribution in [0.2, 0.25) is 0 Å². The van der Waals surface area contributed by atoms with Crippen molar-refractivity contribution in [2.24, 2.45) is 5.92 Å². The highest BCUT2D eigenvalue weighted by Gasteiger charge is 2.31. The average Bonchev–Trinajstić information content (AvgIpc) is 3.75. The van der Waals surface area contributed by atoms with E-state index in [4.69, 9.17) is 29.0 Å². The number of rotatable bonds is 9. The van der Waals surface area contributed by atoms with Crippen LogP contribution in [-0.4, -0.2) is 111 Å². The van der Waals surface area contributed by atoms with Gasteiger partial charge in [0.25, 0.3) is 5.91 Å². The highest BCUT2D eigenvalue weighted by atomic mass is 16.6. The molecule has 53 heavy (non-hydrogen) atoms. The molecule has 1 fully saturated rings. The number of hydrogen-bond donors (Lipinski definition) is 1. The number of hydrogen-bond acceptors (Lipinski definition) is 12. The minimum Gasteiger partial charge on any atom is -0.494 e. The molecule has 0 atom stereocenters. The Labute approximate surface area is 306 Å². The molecule has 2 aliphatic rings. The molecule has 0 aliphatic carbocycles. The fourth-order valence-corrected chi connectivity index (χ4v) is 6.65. The number of methoxy groups -OCH3 is 1. The number of benzene rings is 1. The van der Waals surface area contributed by atoms with Crippen LogP contribution in [0.25, 0.3) is 33.5 Å². The van der Waals surface area contributed by atoms with E-state index in [2.05, 4.69) is 20.3 Å². The standard InChI is InChI=1S/C37H43N9O7/c1-6-51-35(48)23-8-13-43(14-9-23)15-11-39-34(47)32-25-21-40-26(24-22-41-45-12-7-10-38-33(24)45)18-27(25)46(42-32)29-20-31-28(19-30(29)50-5)44(16-17-52-31)36(49)53-37(2,3)4/h7,10,12,18-23H,6,8-9,11,13-17H2,1-5H3,(H,39,47). The lowest BCUT2D eigenvalue weighted by Crippen LogP contribution is -2.41. The van der Waals surface area contributed by atoms with E-state index < -0.39 is 11.7 Å². The van der Waals surface area contributed by atoms with Crippen molar-refractivity contribution in [3.05, 3.63) is 54.7 Å². The van der Waals surface area contributed by atoms with Gasteiger partial charge in [0.1, 0.15) is 29.4 Å². The third-order valence-electron chi connectivity index (χ3n) is 9.22. The molecule has 1 saturated heterocycles. The summed E-state index contributed by atoms with van der Waals surface area (Å²) in [6.45, 7) is 10.7. The van der Waals surface area contributed by atoms with E-state index in [0.29, 0.717) is 76.9 Å². The molecule has 0 unspecified atom stereocenters. The maximum atomic E-state index is 13.8. The van der Waals surface area contributed by atoms with Crippen molar-refractivity contribution in [3.63, 3.8) is 0 Å². The molecule has 16 nitrogen and oxygen atoms in total. The van der Waals surface area contributed by atoms with Gasteiger partial charge in [0, 0.05) is 43.8 Å². The summed E-state index contributed by atoms with van der Waals surface area (Å²) >= 11 is 0. The Morgan fingerprint density at radius 1 is 1.04 bits per heavy atom. The summed E-state index contributed by atoms with van der Waals surface area (Å²) in [5, 5.41) is 12.8. The molecule has 2 amide bonds. The van der Waals surface area contributed by atoms with Crippen LogP contribution >= 0.6 is 0 Å². The molecule has 0 spiro atoms. The lowest BCUT2D eigenvalue weighted by molar-refractivity contribution is -0.149. The number of pyridine rings is 1. The Kier molecular flexibility index (Phi) is 9.88. The Bertz CT molecular complexity index is 2170. The molecule has 0 radical (unpaired) electrons. The van der Waals surface area contributed by atoms with Gasteiger partial charge in [-0.2, -0.15) is 10.2 Å². The summed E-state index contributed by atoms with van der Waals surface area (Å²) in [7, 11) is 1.53. The quantitative estimate of drug-likeness (QED) is 0.215. The second-order valence-corrected chi connectivity index (χ2v) is 13.9. The van der Waals surface area contributed by atoms with Crippen LogP contribution in [-0.2, 0) is 14.3 Å². The predicted molar refractivity (Wildman–Crippen MR) is 195 cm³/mol. The summed E-state index contributed by atoms with van der Waals surface area (Å²) in [6, 6.07) is 7.09. The Hall–Kier alpha value is -5.77. The van der Waals surface area contributed by atoms with Crippen LogP contribution in [0.15, 0.2) is 49.1 Å². The fourth-order valence-electron chi connectivity index (χ4n) is 6.65. The van der Waals surface area contributed by atoms with Gasteiger partial charge in [-0.3, -0.25) is 19.5 Å². The zero-order chi connectivity index (χ0) is 37.3. The van der Waals surface area contributed by atoms with E-state index in [1.165, 1.54) is 12.0 Å². The number of aromatic nitrogens is 6. The Morgan fingerprint density at radius 2 is 1.85 bits per heavy atom. The number of piperidine rings is 1. The minimum absolute atomic E-state index is 0.0867. The van der Waals surface area contributed by atoms with Crippen LogP contribution in [0.5, 0.6) is 11.5 Å². The molecule has 0 saturated carbocycles. The van der Waals surface area contributed by atoms with Crippen LogP contribution in [0, 0.1) is 5.92 Å². The largest absolute Gasteiger partial charge is 0.494 e.